The minimum atomic E-state index is 0.897. The average Bonchev–Trinajstić information content (AvgIpc) is 2.16. The average molecular weight is 201 g/mol. The third-order valence-electron chi connectivity index (χ3n) is 3.04. The molecule has 0 saturated carbocycles. The van der Waals surface area contributed by atoms with Gasteiger partial charge in [-0.1, -0.05) is 59.1 Å². The first-order valence-electron chi connectivity index (χ1n) is 5.86. The zero-order valence-electron chi connectivity index (χ0n) is 9.51. The van der Waals surface area contributed by atoms with Gasteiger partial charge in [0, 0.05) is 5.75 Å². The molecule has 0 fully saturated rings. The maximum absolute atomic E-state index is 5.05. The normalized spacial score (nSPS) is 15.7. The van der Waals surface area contributed by atoms with Gasteiger partial charge in [-0.3, -0.25) is 0 Å². The lowest BCUT2D eigenvalue weighted by Crippen LogP contribution is -2.08. The molecule has 2 atom stereocenters. The van der Waals surface area contributed by atoms with Crippen molar-refractivity contribution >= 4 is 12.6 Å². The van der Waals surface area contributed by atoms with Crippen molar-refractivity contribution < 1.29 is 0 Å². The zero-order valence-corrected chi connectivity index (χ0v) is 10.3. The van der Waals surface area contributed by atoms with Crippen molar-refractivity contribution in [3.05, 3.63) is 0 Å². The van der Waals surface area contributed by atoms with E-state index in [1.54, 1.807) is 0 Å². The Labute approximate surface area is 89.9 Å². The zero-order chi connectivity index (χ0) is 10.1. The van der Waals surface area contributed by atoms with E-state index >= 15 is 0 Å². The van der Waals surface area contributed by atoms with Crippen LogP contribution >= 0.6 is 12.6 Å². The summed E-state index contributed by atoms with van der Waals surface area (Å²) in [5.41, 5.74) is 0. The predicted molar refractivity (Wildman–Crippen MR) is 64.2 cm³/mol. The first-order valence-corrected chi connectivity index (χ1v) is 6.44. The fraction of sp³-hybridized carbons (Fsp3) is 1.00. The largest absolute Gasteiger partial charge is 0.0941 e. The van der Waals surface area contributed by atoms with Gasteiger partial charge in [0.1, 0.15) is 0 Å². The second-order valence-electron chi connectivity index (χ2n) is 4.07. The van der Waals surface area contributed by atoms with E-state index < -0.39 is 0 Å². The SMILES string of the molecule is CCCC(CC)CC(CC)CC[S]. The van der Waals surface area contributed by atoms with Gasteiger partial charge in [-0.25, -0.2) is 0 Å². The Kier molecular flexibility index (Phi) is 9.17. The van der Waals surface area contributed by atoms with Gasteiger partial charge < -0.3 is 0 Å². The van der Waals surface area contributed by atoms with E-state index in [9.17, 15) is 0 Å². The second-order valence-corrected chi connectivity index (χ2v) is 4.47. The summed E-state index contributed by atoms with van der Waals surface area (Å²) in [6.45, 7) is 6.91. The Morgan fingerprint density at radius 3 is 1.85 bits per heavy atom. The van der Waals surface area contributed by atoms with Crippen LogP contribution in [0.4, 0.5) is 0 Å². The van der Waals surface area contributed by atoms with Crippen LogP contribution in [0, 0.1) is 11.8 Å². The maximum Gasteiger partial charge on any atom is 0.00395 e. The van der Waals surface area contributed by atoms with Crippen LogP contribution in [0.1, 0.15) is 59.3 Å². The van der Waals surface area contributed by atoms with Crippen LogP contribution in [0.25, 0.3) is 0 Å². The van der Waals surface area contributed by atoms with Crippen molar-refractivity contribution in [2.24, 2.45) is 11.8 Å². The van der Waals surface area contributed by atoms with Crippen LogP contribution in [-0.4, -0.2) is 5.75 Å². The topological polar surface area (TPSA) is 0 Å². The highest BCUT2D eigenvalue weighted by molar-refractivity contribution is 7.80. The molecule has 0 rings (SSSR count). The Balaban J connectivity index is 3.73. The van der Waals surface area contributed by atoms with Crippen molar-refractivity contribution in [3.63, 3.8) is 0 Å². The van der Waals surface area contributed by atoms with E-state index in [2.05, 4.69) is 20.8 Å². The molecule has 2 unspecified atom stereocenters. The molecule has 13 heavy (non-hydrogen) atoms. The van der Waals surface area contributed by atoms with Gasteiger partial charge in [0.25, 0.3) is 0 Å². The Bertz CT molecular complexity index is 89.3. The van der Waals surface area contributed by atoms with E-state index in [1.165, 1.54) is 38.5 Å². The summed E-state index contributed by atoms with van der Waals surface area (Å²) in [6.07, 6.45) is 8.08. The fourth-order valence-corrected chi connectivity index (χ4v) is 2.36. The molecule has 1 radical (unpaired) electrons. The van der Waals surface area contributed by atoms with E-state index in [-0.39, 0.29) is 0 Å². The highest BCUT2D eigenvalue weighted by Crippen LogP contribution is 2.24. The minimum Gasteiger partial charge on any atom is -0.0941 e. The fourth-order valence-electron chi connectivity index (χ4n) is 2.02. The van der Waals surface area contributed by atoms with Crippen LogP contribution < -0.4 is 0 Å². The highest BCUT2D eigenvalue weighted by atomic mass is 32.1. The highest BCUT2D eigenvalue weighted by Gasteiger charge is 2.12. The second kappa shape index (κ2) is 8.93. The lowest BCUT2D eigenvalue weighted by molar-refractivity contribution is 0.329. The molecule has 0 heterocycles. The van der Waals surface area contributed by atoms with Crippen molar-refractivity contribution in [1.82, 2.24) is 0 Å². The van der Waals surface area contributed by atoms with Crippen molar-refractivity contribution in [2.75, 3.05) is 5.75 Å². The molecular weight excluding hydrogens is 176 g/mol. The monoisotopic (exact) mass is 201 g/mol. The summed E-state index contributed by atoms with van der Waals surface area (Å²) in [4.78, 5) is 0. The molecule has 0 aliphatic heterocycles. The quantitative estimate of drug-likeness (QED) is 0.528. The molecule has 0 nitrogen and oxygen atoms in total. The van der Waals surface area contributed by atoms with E-state index in [0.717, 1.165) is 17.6 Å². The summed E-state index contributed by atoms with van der Waals surface area (Å²) >= 11 is 5.05. The molecule has 1 heteroatoms. The molecule has 0 amide bonds. The van der Waals surface area contributed by atoms with Crippen molar-refractivity contribution in [2.45, 2.75) is 59.3 Å². The van der Waals surface area contributed by atoms with Gasteiger partial charge in [-0.2, -0.15) is 0 Å². The smallest absolute Gasteiger partial charge is 0.00395 e. The van der Waals surface area contributed by atoms with Gasteiger partial charge in [-0.05, 0) is 24.7 Å². The summed E-state index contributed by atoms with van der Waals surface area (Å²) in [5, 5.41) is 0. The molecule has 0 saturated heterocycles. The third-order valence-corrected chi connectivity index (χ3v) is 3.28. The molecule has 0 spiro atoms. The molecule has 0 aromatic carbocycles. The van der Waals surface area contributed by atoms with Gasteiger partial charge in [0.15, 0.2) is 0 Å². The number of hydrogen-bond donors (Lipinski definition) is 0. The molecule has 0 bridgehead atoms. The maximum atomic E-state index is 5.05. The standard InChI is InChI=1S/C12H25S/c1-4-7-11(5-2)10-12(6-3)8-9-13/h11-12H,4-10H2,1-3H3. The van der Waals surface area contributed by atoms with Gasteiger partial charge in [0.05, 0.1) is 0 Å². The molecular formula is C12H25S. The van der Waals surface area contributed by atoms with E-state index in [0.29, 0.717) is 0 Å². The number of rotatable bonds is 8. The van der Waals surface area contributed by atoms with E-state index in [1.807, 2.05) is 0 Å². The van der Waals surface area contributed by atoms with Crippen LogP contribution in [0.2, 0.25) is 0 Å². The summed E-state index contributed by atoms with van der Waals surface area (Å²) in [5.74, 6) is 2.80. The molecule has 0 aliphatic carbocycles. The van der Waals surface area contributed by atoms with Crippen molar-refractivity contribution in [1.29, 1.82) is 0 Å². The first-order chi connectivity index (χ1) is 6.28. The van der Waals surface area contributed by atoms with Gasteiger partial charge in [0.2, 0.25) is 0 Å². The Morgan fingerprint density at radius 2 is 1.46 bits per heavy atom. The Morgan fingerprint density at radius 1 is 0.923 bits per heavy atom. The molecule has 0 aromatic rings. The van der Waals surface area contributed by atoms with Crippen LogP contribution in [0.15, 0.2) is 0 Å². The summed E-state index contributed by atoms with van der Waals surface area (Å²) in [7, 11) is 0. The Hall–Kier alpha value is 0.350. The van der Waals surface area contributed by atoms with Crippen LogP contribution in [0.3, 0.4) is 0 Å². The molecule has 0 aliphatic rings. The predicted octanol–water partition coefficient (Wildman–Crippen LogP) is 4.82. The molecule has 79 valence electrons. The van der Waals surface area contributed by atoms with Crippen LogP contribution in [0.5, 0.6) is 0 Å². The lowest BCUT2D eigenvalue weighted by atomic mass is 9.86. The van der Waals surface area contributed by atoms with Crippen LogP contribution in [-0.2, 0) is 0 Å². The first kappa shape index (κ1) is 13.4. The number of hydrogen-bond acceptors (Lipinski definition) is 0. The van der Waals surface area contributed by atoms with E-state index in [4.69, 9.17) is 12.6 Å². The van der Waals surface area contributed by atoms with Gasteiger partial charge in [-0.15, -0.1) is 0 Å². The molecule has 0 N–H and O–H groups in total. The van der Waals surface area contributed by atoms with Gasteiger partial charge >= 0.3 is 0 Å². The molecule has 0 aromatic heterocycles. The third kappa shape index (κ3) is 6.42. The minimum absolute atomic E-state index is 0.897. The van der Waals surface area contributed by atoms with Crippen molar-refractivity contribution in [3.8, 4) is 0 Å². The summed E-state index contributed by atoms with van der Waals surface area (Å²) < 4.78 is 0. The summed E-state index contributed by atoms with van der Waals surface area (Å²) in [6, 6.07) is 0. The lowest BCUT2D eigenvalue weighted by Gasteiger charge is -2.20.